The molecule has 0 saturated carbocycles. The molecule has 2 rings (SSSR count). The third-order valence-corrected chi connectivity index (χ3v) is 3.81. The molecule has 0 unspecified atom stereocenters. The smallest absolute Gasteiger partial charge is 0.308 e. The number of imide groups is 1. The highest BCUT2D eigenvalue weighted by atomic mass is 19.1. The van der Waals surface area contributed by atoms with Crippen LogP contribution in [0.25, 0.3) is 0 Å². The average Bonchev–Trinajstić information content (AvgIpc) is 2.87. The molecule has 1 aromatic rings. The van der Waals surface area contributed by atoms with Crippen molar-refractivity contribution >= 4 is 29.4 Å². The van der Waals surface area contributed by atoms with Gasteiger partial charge in [0, 0.05) is 25.1 Å². The number of esters is 1. The molecule has 1 heterocycles. The summed E-state index contributed by atoms with van der Waals surface area (Å²) in [4.78, 5) is 47.6. The first-order chi connectivity index (χ1) is 11.8. The molecule has 1 aromatic carbocycles. The molecule has 8 heteroatoms. The highest BCUT2D eigenvalue weighted by Gasteiger charge is 2.29. The number of benzene rings is 1. The van der Waals surface area contributed by atoms with Crippen molar-refractivity contribution in [2.24, 2.45) is 0 Å². The van der Waals surface area contributed by atoms with Gasteiger partial charge in [-0.1, -0.05) is 6.07 Å². The Labute approximate surface area is 144 Å². The zero-order valence-electron chi connectivity index (χ0n) is 14.0. The van der Waals surface area contributed by atoms with Crippen LogP contribution in [0.3, 0.4) is 0 Å². The van der Waals surface area contributed by atoms with Crippen molar-refractivity contribution in [3.63, 3.8) is 0 Å². The van der Waals surface area contributed by atoms with Gasteiger partial charge in [-0.3, -0.25) is 24.1 Å². The van der Waals surface area contributed by atoms with Crippen LogP contribution < -0.4 is 5.32 Å². The lowest BCUT2D eigenvalue weighted by molar-refractivity contribution is -0.154. The SMILES string of the molecule is Cc1ccc(NC(=O)[C@@H](C)OC(=O)CCN2C(=O)CCC2=O)cc1F. The molecule has 0 bridgehead atoms. The van der Waals surface area contributed by atoms with Gasteiger partial charge >= 0.3 is 5.97 Å². The fourth-order valence-electron chi connectivity index (χ4n) is 2.30. The minimum Gasteiger partial charge on any atom is -0.452 e. The van der Waals surface area contributed by atoms with Crippen molar-refractivity contribution in [3.8, 4) is 0 Å². The van der Waals surface area contributed by atoms with Gasteiger partial charge in [0.15, 0.2) is 6.10 Å². The third kappa shape index (κ3) is 4.85. The van der Waals surface area contributed by atoms with Crippen LogP contribution in [0.4, 0.5) is 10.1 Å². The number of likely N-dealkylation sites (tertiary alicyclic amines) is 1. The van der Waals surface area contributed by atoms with E-state index >= 15 is 0 Å². The molecule has 7 nitrogen and oxygen atoms in total. The van der Waals surface area contributed by atoms with Crippen LogP contribution in [0.1, 0.15) is 31.7 Å². The molecule has 0 spiro atoms. The van der Waals surface area contributed by atoms with E-state index in [4.69, 9.17) is 4.74 Å². The highest BCUT2D eigenvalue weighted by Crippen LogP contribution is 2.15. The second-order valence-electron chi connectivity index (χ2n) is 5.77. The van der Waals surface area contributed by atoms with Crippen molar-refractivity contribution < 1.29 is 28.3 Å². The predicted molar refractivity (Wildman–Crippen MR) is 85.9 cm³/mol. The van der Waals surface area contributed by atoms with E-state index in [0.29, 0.717) is 5.56 Å². The Kier molecular flexibility index (Phi) is 5.84. The number of aryl methyl sites for hydroxylation is 1. The third-order valence-electron chi connectivity index (χ3n) is 3.81. The normalized spacial score (nSPS) is 15.2. The van der Waals surface area contributed by atoms with Crippen LogP contribution in [0.2, 0.25) is 0 Å². The van der Waals surface area contributed by atoms with Gasteiger partial charge in [0.1, 0.15) is 5.82 Å². The molecule has 0 aromatic heterocycles. The fourth-order valence-corrected chi connectivity index (χ4v) is 2.30. The highest BCUT2D eigenvalue weighted by molar-refractivity contribution is 6.02. The van der Waals surface area contributed by atoms with E-state index in [2.05, 4.69) is 5.32 Å². The van der Waals surface area contributed by atoms with Gasteiger partial charge in [-0.25, -0.2) is 4.39 Å². The van der Waals surface area contributed by atoms with Crippen LogP contribution in [-0.2, 0) is 23.9 Å². The zero-order chi connectivity index (χ0) is 18.6. The number of hydrogen-bond acceptors (Lipinski definition) is 5. The maximum absolute atomic E-state index is 13.5. The molecule has 1 N–H and O–H groups in total. The van der Waals surface area contributed by atoms with E-state index in [9.17, 15) is 23.6 Å². The maximum Gasteiger partial charge on any atom is 0.308 e. The molecular weight excluding hydrogens is 331 g/mol. The Bertz CT molecular complexity index is 703. The monoisotopic (exact) mass is 350 g/mol. The number of carbonyl (C=O) groups is 4. The number of anilines is 1. The minimum absolute atomic E-state index is 0.0615. The molecule has 134 valence electrons. The number of rotatable bonds is 6. The van der Waals surface area contributed by atoms with Crippen LogP contribution >= 0.6 is 0 Å². The summed E-state index contributed by atoms with van der Waals surface area (Å²) >= 11 is 0. The Morgan fingerprint density at radius 2 is 1.92 bits per heavy atom. The molecule has 1 fully saturated rings. The predicted octanol–water partition coefficient (Wildman–Crippen LogP) is 1.54. The molecule has 0 radical (unpaired) electrons. The van der Waals surface area contributed by atoms with E-state index in [1.54, 1.807) is 6.92 Å². The van der Waals surface area contributed by atoms with Gasteiger partial charge in [0.2, 0.25) is 11.8 Å². The number of amides is 3. The Hall–Kier alpha value is -2.77. The summed E-state index contributed by atoms with van der Waals surface area (Å²) in [5, 5.41) is 2.45. The van der Waals surface area contributed by atoms with Gasteiger partial charge in [0.05, 0.1) is 6.42 Å². The molecule has 3 amide bonds. The van der Waals surface area contributed by atoms with Crippen molar-refractivity contribution in [1.29, 1.82) is 0 Å². The Morgan fingerprint density at radius 3 is 2.52 bits per heavy atom. The zero-order valence-corrected chi connectivity index (χ0v) is 14.0. The first kappa shape index (κ1) is 18.6. The second kappa shape index (κ2) is 7.87. The summed E-state index contributed by atoms with van der Waals surface area (Å²) < 4.78 is 18.4. The largest absolute Gasteiger partial charge is 0.452 e. The molecule has 25 heavy (non-hydrogen) atoms. The van der Waals surface area contributed by atoms with Crippen LogP contribution in [-0.4, -0.2) is 41.2 Å². The van der Waals surface area contributed by atoms with Gasteiger partial charge < -0.3 is 10.1 Å². The standard InChI is InChI=1S/C17H19FN2O5/c1-10-3-4-12(9-13(10)18)19-17(24)11(2)25-16(23)7-8-20-14(21)5-6-15(20)22/h3-4,9,11H,5-8H2,1-2H3,(H,19,24)/t11-/m1/s1. The van der Waals surface area contributed by atoms with Gasteiger partial charge in [-0.05, 0) is 31.5 Å². The molecule has 1 aliphatic rings. The van der Waals surface area contributed by atoms with Crippen molar-refractivity contribution in [1.82, 2.24) is 4.90 Å². The first-order valence-electron chi connectivity index (χ1n) is 7.87. The van der Waals surface area contributed by atoms with E-state index in [1.165, 1.54) is 25.1 Å². The van der Waals surface area contributed by atoms with Crippen molar-refractivity contribution in [2.75, 3.05) is 11.9 Å². The maximum atomic E-state index is 13.5. The van der Waals surface area contributed by atoms with Gasteiger partial charge in [-0.15, -0.1) is 0 Å². The minimum atomic E-state index is -1.10. The van der Waals surface area contributed by atoms with Crippen molar-refractivity contribution in [3.05, 3.63) is 29.6 Å². The summed E-state index contributed by atoms with van der Waals surface area (Å²) in [6, 6.07) is 4.23. The fraction of sp³-hybridized carbons (Fsp3) is 0.412. The molecule has 0 aliphatic carbocycles. The number of nitrogens with zero attached hydrogens (tertiary/aromatic N) is 1. The van der Waals surface area contributed by atoms with E-state index in [1.807, 2.05) is 0 Å². The van der Waals surface area contributed by atoms with Crippen LogP contribution in [0.5, 0.6) is 0 Å². The number of ether oxygens (including phenoxy) is 1. The lowest BCUT2D eigenvalue weighted by atomic mass is 10.2. The van der Waals surface area contributed by atoms with Gasteiger partial charge in [-0.2, -0.15) is 0 Å². The number of nitrogens with one attached hydrogen (secondary N) is 1. The summed E-state index contributed by atoms with van der Waals surface area (Å²) in [7, 11) is 0. The van der Waals surface area contributed by atoms with Crippen molar-refractivity contribution in [2.45, 2.75) is 39.2 Å². The van der Waals surface area contributed by atoms with Crippen LogP contribution in [0.15, 0.2) is 18.2 Å². The second-order valence-corrected chi connectivity index (χ2v) is 5.77. The molecular formula is C17H19FN2O5. The summed E-state index contributed by atoms with van der Waals surface area (Å²) in [6.07, 6.45) is -0.977. The topological polar surface area (TPSA) is 92.8 Å². The van der Waals surface area contributed by atoms with E-state index in [-0.39, 0.29) is 43.3 Å². The average molecular weight is 350 g/mol. The van der Waals surface area contributed by atoms with Crippen LogP contribution in [0, 0.1) is 12.7 Å². The number of hydrogen-bond donors (Lipinski definition) is 1. The summed E-state index contributed by atoms with van der Waals surface area (Å²) in [5.74, 6) is -2.40. The lowest BCUT2D eigenvalue weighted by Gasteiger charge is -2.16. The van der Waals surface area contributed by atoms with E-state index < -0.39 is 23.8 Å². The van der Waals surface area contributed by atoms with E-state index in [0.717, 1.165) is 4.90 Å². The molecule has 1 saturated heterocycles. The molecule has 1 atom stereocenters. The Morgan fingerprint density at radius 1 is 1.28 bits per heavy atom. The number of carbonyl (C=O) groups excluding carboxylic acids is 4. The van der Waals surface area contributed by atoms with Gasteiger partial charge in [0.25, 0.3) is 5.91 Å². The quantitative estimate of drug-likeness (QED) is 0.621. The summed E-state index contributed by atoms with van der Waals surface area (Å²) in [5.41, 5.74) is 0.702. The number of halogens is 1. The lowest BCUT2D eigenvalue weighted by Crippen LogP contribution is -2.34. The summed E-state index contributed by atoms with van der Waals surface area (Å²) in [6.45, 7) is 2.92. The Balaban J connectivity index is 1.81. The first-order valence-corrected chi connectivity index (χ1v) is 7.87. The molecule has 1 aliphatic heterocycles.